The van der Waals surface area contributed by atoms with Crippen molar-refractivity contribution in [1.82, 2.24) is 4.57 Å². The Labute approximate surface area is 173 Å². The minimum absolute atomic E-state index is 0.0185. The van der Waals surface area contributed by atoms with E-state index in [9.17, 15) is 13.2 Å². The molecule has 0 aliphatic carbocycles. The Hall–Kier alpha value is -2.61. The maximum atomic E-state index is 13.0. The number of ketones is 1. The molecule has 2 N–H and O–H groups in total. The Morgan fingerprint density at radius 2 is 1.86 bits per heavy atom. The fourth-order valence-corrected chi connectivity index (χ4v) is 4.73. The second kappa shape index (κ2) is 7.33. The van der Waals surface area contributed by atoms with Crippen LogP contribution in [0.15, 0.2) is 59.5 Å². The van der Waals surface area contributed by atoms with Crippen molar-refractivity contribution in [3.05, 3.63) is 82.1 Å². The number of ether oxygens (including phenoxy) is 1. The average molecular weight is 431 g/mol. The summed E-state index contributed by atoms with van der Waals surface area (Å²) in [6.07, 6.45) is 0.771. The Morgan fingerprint density at radius 3 is 2.48 bits per heavy atom. The summed E-state index contributed by atoms with van der Waals surface area (Å²) in [5.41, 5.74) is 3.00. The van der Waals surface area contributed by atoms with E-state index in [4.69, 9.17) is 21.5 Å². The van der Waals surface area contributed by atoms with Crippen LogP contribution in [-0.2, 0) is 16.6 Å². The molecule has 1 aliphatic rings. The highest BCUT2D eigenvalue weighted by Gasteiger charge is 2.30. The zero-order valence-corrected chi connectivity index (χ0v) is 17.2. The lowest BCUT2D eigenvalue weighted by atomic mass is 9.95. The number of nitrogens with zero attached hydrogens (tertiary/aromatic N) is 1. The Bertz CT molecular complexity index is 1200. The van der Waals surface area contributed by atoms with Crippen LogP contribution in [0.4, 0.5) is 0 Å². The first-order valence-electron chi connectivity index (χ1n) is 9.00. The van der Waals surface area contributed by atoms with Gasteiger partial charge in [0.05, 0.1) is 17.7 Å². The van der Waals surface area contributed by atoms with Crippen molar-refractivity contribution < 1.29 is 17.9 Å². The van der Waals surface area contributed by atoms with Crippen LogP contribution < -0.4 is 9.88 Å². The molecule has 0 fully saturated rings. The molecule has 6 nitrogen and oxygen atoms in total. The van der Waals surface area contributed by atoms with Gasteiger partial charge in [0.2, 0.25) is 15.8 Å². The SMILES string of the molecule is COc1ccc(C(=O)c2ccc3n2CCC3c2ccc(S(N)(=O)=O)cc2Cl)cc1. The molecule has 4 rings (SSSR count). The van der Waals surface area contributed by atoms with Crippen molar-refractivity contribution in [2.75, 3.05) is 7.11 Å². The Balaban J connectivity index is 1.66. The number of primary sulfonamides is 1. The second-order valence-corrected chi connectivity index (χ2v) is 8.89. The molecular formula is C21H19ClN2O4S. The largest absolute Gasteiger partial charge is 0.497 e. The zero-order valence-electron chi connectivity index (χ0n) is 15.6. The van der Waals surface area contributed by atoms with Gasteiger partial charge in [-0.2, -0.15) is 0 Å². The number of sulfonamides is 1. The molecule has 0 radical (unpaired) electrons. The van der Waals surface area contributed by atoms with Gasteiger partial charge < -0.3 is 9.30 Å². The van der Waals surface area contributed by atoms with Crippen LogP contribution in [0.5, 0.6) is 5.75 Å². The van der Waals surface area contributed by atoms with Gasteiger partial charge in [-0.05, 0) is 60.5 Å². The number of carbonyl (C=O) groups is 1. The molecule has 2 aromatic carbocycles. The highest BCUT2D eigenvalue weighted by Crippen LogP contribution is 2.39. The molecule has 0 amide bonds. The van der Waals surface area contributed by atoms with Crippen LogP contribution in [0.1, 0.15) is 39.6 Å². The third kappa shape index (κ3) is 3.57. The molecule has 150 valence electrons. The molecule has 8 heteroatoms. The van der Waals surface area contributed by atoms with Crippen LogP contribution >= 0.6 is 11.6 Å². The van der Waals surface area contributed by atoms with Crippen molar-refractivity contribution in [1.29, 1.82) is 0 Å². The van der Waals surface area contributed by atoms with E-state index in [1.54, 1.807) is 37.4 Å². The summed E-state index contributed by atoms with van der Waals surface area (Å²) in [5.74, 6) is 0.615. The molecule has 0 spiro atoms. The minimum atomic E-state index is -3.81. The third-order valence-corrected chi connectivity index (χ3v) is 6.51. The lowest BCUT2D eigenvalue weighted by Crippen LogP contribution is -2.12. The van der Waals surface area contributed by atoms with Crippen molar-refractivity contribution in [3.63, 3.8) is 0 Å². The Kier molecular flexibility index (Phi) is 4.98. The molecule has 0 saturated carbocycles. The molecule has 3 aromatic rings. The van der Waals surface area contributed by atoms with Crippen LogP contribution in [-0.4, -0.2) is 25.9 Å². The molecule has 2 heterocycles. The van der Waals surface area contributed by atoms with E-state index in [0.717, 1.165) is 17.7 Å². The molecule has 29 heavy (non-hydrogen) atoms. The van der Waals surface area contributed by atoms with Crippen LogP contribution in [0, 0.1) is 0 Å². The molecule has 1 aliphatic heterocycles. The first-order chi connectivity index (χ1) is 13.8. The monoisotopic (exact) mass is 430 g/mol. The van der Waals surface area contributed by atoms with E-state index in [0.29, 0.717) is 28.6 Å². The lowest BCUT2D eigenvalue weighted by Gasteiger charge is -2.13. The summed E-state index contributed by atoms with van der Waals surface area (Å²) in [6, 6.07) is 15.3. The van der Waals surface area contributed by atoms with Gasteiger partial charge in [0.25, 0.3) is 0 Å². The van der Waals surface area contributed by atoms with Gasteiger partial charge >= 0.3 is 0 Å². The third-order valence-electron chi connectivity index (χ3n) is 5.27. The number of benzene rings is 2. The average Bonchev–Trinajstić information content (AvgIpc) is 3.29. The lowest BCUT2D eigenvalue weighted by molar-refractivity contribution is 0.103. The van der Waals surface area contributed by atoms with Crippen LogP contribution in [0.2, 0.25) is 5.02 Å². The molecule has 1 unspecified atom stereocenters. The van der Waals surface area contributed by atoms with Gasteiger partial charge in [0, 0.05) is 28.7 Å². The number of aromatic nitrogens is 1. The van der Waals surface area contributed by atoms with E-state index >= 15 is 0 Å². The summed E-state index contributed by atoms with van der Waals surface area (Å²) in [5, 5.41) is 5.53. The van der Waals surface area contributed by atoms with Gasteiger partial charge in [-0.15, -0.1) is 0 Å². The number of nitrogens with two attached hydrogens (primary N) is 1. The second-order valence-electron chi connectivity index (χ2n) is 6.92. The Morgan fingerprint density at radius 1 is 1.14 bits per heavy atom. The summed E-state index contributed by atoms with van der Waals surface area (Å²) in [4.78, 5) is 12.9. The molecule has 0 bridgehead atoms. The van der Waals surface area contributed by atoms with Crippen LogP contribution in [0.25, 0.3) is 0 Å². The summed E-state index contributed by atoms with van der Waals surface area (Å²) in [6.45, 7) is 0.678. The van der Waals surface area contributed by atoms with E-state index in [1.807, 2.05) is 16.7 Å². The van der Waals surface area contributed by atoms with E-state index in [1.165, 1.54) is 12.1 Å². The predicted molar refractivity (Wildman–Crippen MR) is 110 cm³/mol. The molecular weight excluding hydrogens is 412 g/mol. The molecule has 1 atom stereocenters. The predicted octanol–water partition coefficient (Wildman–Crippen LogP) is 3.56. The highest BCUT2D eigenvalue weighted by atomic mass is 35.5. The summed E-state index contributed by atoms with van der Waals surface area (Å²) >= 11 is 6.37. The highest BCUT2D eigenvalue weighted by molar-refractivity contribution is 7.89. The fraction of sp³-hybridized carbons (Fsp3) is 0.190. The number of methoxy groups -OCH3 is 1. The maximum Gasteiger partial charge on any atom is 0.238 e. The van der Waals surface area contributed by atoms with Gasteiger partial charge in [0.15, 0.2) is 0 Å². The van der Waals surface area contributed by atoms with Crippen molar-refractivity contribution in [3.8, 4) is 5.75 Å². The standard InChI is InChI=1S/C21H19ClN2O4S/c1-28-14-4-2-13(3-5-14)21(25)20-9-8-19-17(10-11-24(19)20)16-7-6-15(12-18(16)22)29(23,26)27/h2-9,12,17H,10-11H2,1H3,(H2,23,26,27). The number of rotatable bonds is 5. The first kappa shape index (κ1) is 19.7. The number of halogens is 1. The molecule has 1 aromatic heterocycles. The normalized spacial score (nSPS) is 15.9. The van der Waals surface area contributed by atoms with E-state index in [-0.39, 0.29) is 16.6 Å². The topological polar surface area (TPSA) is 91.4 Å². The quantitative estimate of drug-likeness (QED) is 0.626. The smallest absolute Gasteiger partial charge is 0.238 e. The number of hydrogen-bond acceptors (Lipinski definition) is 4. The summed E-state index contributed by atoms with van der Waals surface area (Å²) in [7, 11) is -2.23. The molecule has 0 saturated heterocycles. The fourth-order valence-electron chi connectivity index (χ4n) is 3.81. The zero-order chi connectivity index (χ0) is 20.8. The van der Waals surface area contributed by atoms with E-state index in [2.05, 4.69) is 0 Å². The maximum absolute atomic E-state index is 13.0. The van der Waals surface area contributed by atoms with Crippen molar-refractivity contribution in [2.45, 2.75) is 23.8 Å². The van der Waals surface area contributed by atoms with Gasteiger partial charge in [-0.1, -0.05) is 17.7 Å². The summed E-state index contributed by atoms with van der Waals surface area (Å²) < 4.78 is 30.2. The van der Waals surface area contributed by atoms with Crippen molar-refractivity contribution in [2.24, 2.45) is 5.14 Å². The minimum Gasteiger partial charge on any atom is -0.497 e. The van der Waals surface area contributed by atoms with Gasteiger partial charge in [-0.3, -0.25) is 4.79 Å². The van der Waals surface area contributed by atoms with Crippen LogP contribution in [0.3, 0.4) is 0 Å². The van der Waals surface area contributed by atoms with Gasteiger partial charge in [0.1, 0.15) is 5.75 Å². The number of hydrogen-bond donors (Lipinski definition) is 1. The number of fused-ring (bicyclic) bond motifs is 1. The van der Waals surface area contributed by atoms with Gasteiger partial charge in [-0.25, -0.2) is 13.6 Å². The number of carbonyl (C=O) groups excluding carboxylic acids is 1. The first-order valence-corrected chi connectivity index (χ1v) is 10.9. The van der Waals surface area contributed by atoms with E-state index < -0.39 is 10.0 Å². The van der Waals surface area contributed by atoms with Crippen molar-refractivity contribution >= 4 is 27.4 Å².